The Labute approximate surface area is 170 Å². The normalized spacial score (nSPS) is 10.9. The van der Waals surface area contributed by atoms with Crippen molar-refractivity contribution in [1.82, 2.24) is 14.8 Å². The van der Waals surface area contributed by atoms with Crippen LogP contribution in [0.25, 0.3) is 22.7 Å². The maximum absolute atomic E-state index is 13.4. The Kier molecular flexibility index (Phi) is 5.19. The highest BCUT2D eigenvalue weighted by atomic mass is 32.1. The van der Waals surface area contributed by atoms with Gasteiger partial charge in [-0.3, -0.25) is 4.79 Å². The third-order valence-electron chi connectivity index (χ3n) is 3.96. The van der Waals surface area contributed by atoms with E-state index in [1.807, 2.05) is 0 Å². The molecule has 0 bridgehead atoms. The number of nitrogens with one attached hydrogen (secondary N) is 1. The van der Waals surface area contributed by atoms with E-state index in [-0.39, 0.29) is 11.0 Å². The van der Waals surface area contributed by atoms with Crippen LogP contribution < -0.4 is 11.1 Å². The van der Waals surface area contributed by atoms with Crippen LogP contribution in [0.3, 0.4) is 0 Å². The lowest BCUT2D eigenvalue weighted by atomic mass is 10.2. The van der Waals surface area contributed by atoms with Gasteiger partial charge in [-0.1, -0.05) is 0 Å². The Morgan fingerprint density at radius 3 is 2.53 bits per heavy atom. The number of carbonyl (C=O) groups is 1. The third-order valence-corrected chi connectivity index (χ3v) is 4.71. The lowest BCUT2D eigenvalue weighted by Crippen LogP contribution is -2.25. The zero-order valence-electron chi connectivity index (χ0n) is 14.9. The number of hydrogen-bond donors (Lipinski definition) is 1. The quantitative estimate of drug-likeness (QED) is 0.520. The zero-order valence-corrected chi connectivity index (χ0v) is 15.8. The maximum Gasteiger partial charge on any atom is 0.437 e. The van der Waals surface area contributed by atoms with Crippen molar-refractivity contribution in [2.24, 2.45) is 0 Å². The zero-order chi connectivity index (χ0) is 21.3. The smallest absolute Gasteiger partial charge is 0.388 e. The number of hydrogen-bond acceptors (Lipinski definition) is 6. The molecule has 1 N–H and O–H groups in total. The average Bonchev–Trinajstić information content (AvgIpc) is 3.31. The summed E-state index contributed by atoms with van der Waals surface area (Å²) in [4.78, 5) is 28.3. The van der Waals surface area contributed by atoms with Crippen LogP contribution in [0.5, 0.6) is 0 Å². The van der Waals surface area contributed by atoms with Crippen LogP contribution in [0.1, 0.15) is 0 Å². The molecule has 0 atom stereocenters. The molecule has 0 radical (unpaired) electrons. The molecule has 0 saturated heterocycles. The van der Waals surface area contributed by atoms with E-state index < -0.39 is 35.7 Å². The Morgan fingerprint density at radius 1 is 1.07 bits per heavy atom. The van der Waals surface area contributed by atoms with Crippen molar-refractivity contribution in [3.05, 3.63) is 75.8 Å². The van der Waals surface area contributed by atoms with Crippen LogP contribution in [-0.4, -0.2) is 20.7 Å². The third kappa shape index (κ3) is 4.15. The SMILES string of the molecule is O=C(Cn1nc(-c2ccc(F)cc2)oc1=O)Nc1nc(-c2ccc(F)c(F)c2)cs1. The van der Waals surface area contributed by atoms with Gasteiger partial charge in [-0.05, 0) is 42.5 Å². The fraction of sp³-hybridized carbons (Fsp3) is 0.0526. The van der Waals surface area contributed by atoms with Gasteiger partial charge >= 0.3 is 5.76 Å². The largest absolute Gasteiger partial charge is 0.437 e. The number of nitrogens with zero attached hydrogens (tertiary/aromatic N) is 3. The van der Waals surface area contributed by atoms with E-state index in [4.69, 9.17) is 4.42 Å². The van der Waals surface area contributed by atoms with Crippen molar-refractivity contribution in [1.29, 1.82) is 0 Å². The lowest BCUT2D eigenvalue weighted by Gasteiger charge is -2.00. The van der Waals surface area contributed by atoms with Crippen molar-refractivity contribution in [3.63, 3.8) is 0 Å². The number of aromatic nitrogens is 3. The molecule has 11 heteroatoms. The minimum atomic E-state index is -1.01. The maximum atomic E-state index is 13.4. The van der Waals surface area contributed by atoms with E-state index >= 15 is 0 Å². The van der Waals surface area contributed by atoms with E-state index in [1.165, 1.54) is 30.3 Å². The molecule has 4 rings (SSSR count). The van der Waals surface area contributed by atoms with Crippen LogP contribution in [0.2, 0.25) is 0 Å². The van der Waals surface area contributed by atoms with Crippen LogP contribution >= 0.6 is 11.3 Å². The number of carbonyl (C=O) groups excluding carboxylic acids is 1. The second-order valence-electron chi connectivity index (χ2n) is 6.05. The summed E-state index contributed by atoms with van der Waals surface area (Å²) in [6, 6.07) is 8.51. The van der Waals surface area contributed by atoms with Gasteiger partial charge in [-0.2, -0.15) is 4.68 Å². The van der Waals surface area contributed by atoms with E-state index in [9.17, 15) is 22.8 Å². The summed E-state index contributed by atoms with van der Waals surface area (Å²) in [6.45, 7) is -0.441. The standard InChI is InChI=1S/C19H11F3N4O3S/c20-12-4-1-10(2-5-12)17-25-26(19(28)29-17)8-16(27)24-18-23-15(9-30-18)11-3-6-13(21)14(22)7-11/h1-7,9H,8H2,(H,23,24,27). The van der Waals surface area contributed by atoms with Crippen LogP contribution in [0, 0.1) is 17.5 Å². The molecule has 0 spiro atoms. The van der Waals surface area contributed by atoms with E-state index in [2.05, 4.69) is 15.4 Å². The molecule has 2 heterocycles. The highest BCUT2D eigenvalue weighted by Crippen LogP contribution is 2.26. The molecule has 0 aliphatic carbocycles. The summed E-state index contributed by atoms with van der Waals surface area (Å²) in [5.74, 6) is -3.93. The first-order valence-corrected chi connectivity index (χ1v) is 9.32. The minimum absolute atomic E-state index is 0.0531. The molecule has 1 amide bonds. The van der Waals surface area contributed by atoms with Gasteiger partial charge < -0.3 is 9.73 Å². The van der Waals surface area contributed by atoms with Gasteiger partial charge in [0.25, 0.3) is 0 Å². The predicted molar refractivity (Wildman–Crippen MR) is 102 cm³/mol. The number of halogens is 3. The number of thiazole rings is 1. The van der Waals surface area contributed by atoms with Gasteiger partial charge in [0.05, 0.1) is 5.69 Å². The van der Waals surface area contributed by atoms with Crippen molar-refractivity contribution in [2.75, 3.05) is 5.32 Å². The average molecular weight is 432 g/mol. The summed E-state index contributed by atoms with van der Waals surface area (Å²) in [5, 5.41) is 8.19. The Hall–Kier alpha value is -3.73. The molecular weight excluding hydrogens is 421 g/mol. The van der Waals surface area contributed by atoms with Crippen LogP contribution in [0.4, 0.5) is 18.3 Å². The highest BCUT2D eigenvalue weighted by molar-refractivity contribution is 7.14. The first-order chi connectivity index (χ1) is 14.4. The fourth-order valence-corrected chi connectivity index (χ4v) is 3.27. The second-order valence-corrected chi connectivity index (χ2v) is 6.91. The molecule has 0 fully saturated rings. The fourth-order valence-electron chi connectivity index (χ4n) is 2.53. The predicted octanol–water partition coefficient (Wildman–Crippen LogP) is 3.68. The number of amides is 1. The summed E-state index contributed by atoms with van der Waals surface area (Å²) in [7, 11) is 0. The topological polar surface area (TPSA) is 90.0 Å². The molecule has 30 heavy (non-hydrogen) atoms. The number of benzene rings is 2. The molecule has 152 valence electrons. The van der Waals surface area contributed by atoms with Gasteiger partial charge in [0.2, 0.25) is 11.8 Å². The number of anilines is 1. The molecule has 0 aliphatic rings. The van der Waals surface area contributed by atoms with Crippen molar-refractivity contribution in [2.45, 2.75) is 6.54 Å². The van der Waals surface area contributed by atoms with E-state index in [0.717, 1.165) is 28.2 Å². The summed E-state index contributed by atoms with van der Waals surface area (Å²) in [5.41, 5.74) is 1.08. The molecular formula is C19H11F3N4O3S. The molecule has 2 aromatic carbocycles. The Morgan fingerprint density at radius 2 is 1.80 bits per heavy atom. The highest BCUT2D eigenvalue weighted by Gasteiger charge is 2.15. The summed E-state index contributed by atoms with van der Waals surface area (Å²) >= 11 is 1.07. The molecule has 0 aliphatic heterocycles. The molecule has 7 nitrogen and oxygen atoms in total. The van der Waals surface area contributed by atoms with E-state index in [0.29, 0.717) is 16.8 Å². The Bertz CT molecular complexity index is 1280. The first kappa shape index (κ1) is 19.6. The van der Waals surface area contributed by atoms with E-state index in [1.54, 1.807) is 5.38 Å². The molecule has 2 aromatic heterocycles. The van der Waals surface area contributed by atoms with Crippen molar-refractivity contribution < 1.29 is 22.4 Å². The molecule has 0 saturated carbocycles. The van der Waals surface area contributed by atoms with Gasteiger partial charge in [0.15, 0.2) is 16.8 Å². The molecule has 0 unspecified atom stereocenters. The second kappa shape index (κ2) is 7.95. The minimum Gasteiger partial charge on any atom is -0.388 e. The molecule has 4 aromatic rings. The van der Waals surface area contributed by atoms with Gasteiger partial charge in [-0.25, -0.2) is 22.9 Å². The van der Waals surface area contributed by atoms with Gasteiger partial charge in [-0.15, -0.1) is 16.4 Å². The van der Waals surface area contributed by atoms with Crippen LogP contribution in [0.15, 0.2) is 57.1 Å². The monoisotopic (exact) mass is 432 g/mol. The first-order valence-electron chi connectivity index (χ1n) is 8.44. The van der Waals surface area contributed by atoms with Crippen molar-refractivity contribution >= 4 is 22.4 Å². The van der Waals surface area contributed by atoms with Gasteiger partial charge in [0, 0.05) is 16.5 Å². The van der Waals surface area contributed by atoms with Gasteiger partial charge in [0.1, 0.15) is 12.4 Å². The van der Waals surface area contributed by atoms with Crippen molar-refractivity contribution in [3.8, 4) is 22.7 Å². The summed E-state index contributed by atoms with van der Waals surface area (Å²) < 4.78 is 45.2. The summed E-state index contributed by atoms with van der Waals surface area (Å²) in [6.07, 6.45) is 0. The van der Waals surface area contributed by atoms with Crippen LogP contribution in [-0.2, 0) is 11.3 Å². The lowest BCUT2D eigenvalue weighted by molar-refractivity contribution is -0.117. The Balaban J connectivity index is 1.45. The number of rotatable bonds is 5.